The Labute approximate surface area is 98.4 Å². The van der Waals surface area contributed by atoms with Crippen LogP contribution in [-0.4, -0.2) is 6.04 Å². The normalized spacial score (nSPS) is 19.1. The summed E-state index contributed by atoms with van der Waals surface area (Å²) in [6.07, 6.45) is 4.60. The fourth-order valence-electron chi connectivity index (χ4n) is 2.46. The van der Waals surface area contributed by atoms with E-state index in [2.05, 4.69) is 43.8 Å². The van der Waals surface area contributed by atoms with Gasteiger partial charge in [0.05, 0.1) is 0 Å². The first-order chi connectivity index (χ1) is 7.65. The van der Waals surface area contributed by atoms with Crippen molar-refractivity contribution >= 4 is 0 Å². The lowest BCUT2D eigenvalue weighted by Crippen LogP contribution is -2.34. The maximum Gasteiger partial charge on any atom is 0.0139 e. The van der Waals surface area contributed by atoms with Crippen molar-refractivity contribution in [2.24, 2.45) is 5.73 Å². The highest BCUT2D eigenvalue weighted by atomic mass is 14.7. The van der Waals surface area contributed by atoms with Crippen LogP contribution in [0, 0.1) is 0 Å². The van der Waals surface area contributed by atoms with Crippen molar-refractivity contribution in [3.63, 3.8) is 0 Å². The molecule has 2 rings (SSSR count). The summed E-state index contributed by atoms with van der Waals surface area (Å²) in [4.78, 5) is 0. The van der Waals surface area contributed by atoms with Crippen LogP contribution in [0.25, 0.3) is 0 Å². The van der Waals surface area contributed by atoms with Crippen molar-refractivity contribution in [2.45, 2.75) is 44.1 Å². The van der Waals surface area contributed by atoms with Gasteiger partial charge in [-0.1, -0.05) is 35.9 Å². The molecule has 0 heterocycles. The minimum atomic E-state index is 0.275. The molecule has 1 aromatic carbocycles. The van der Waals surface area contributed by atoms with Gasteiger partial charge in [-0.3, -0.25) is 0 Å². The summed E-state index contributed by atoms with van der Waals surface area (Å²) in [5, 5.41) is 0. The van der Waals surface area contributed by atoms with Crippen molar-refractivity contribution in [3.05, 3.63) is 48.0 Å². The molecule has 1 heteroatoms. The zero-order valence-electron chi connectivity index (χ0n) is 10.1. The zero-order valence-corrected chi connectivity index (χ0v) is 10.1. The number of rotatable bonds is 5. The predicted octanol–water partition coefficient (Wildman–Crippen LogP) is 3.40. The molecule has 1 aliphatic rings. The second-order valence-electron chi connectivity index (χ2n) is 5.12. The van der Waals surface area contributed by atoms with Crippen molar-refractivity contribution in [1.82, 2.24) is 0 Å². The fraction of sp³-hybridized carbons (Fsp3) is 0.467. The smallest absolute Gasteiger partial charge is 0.0139 e. The fourth-order valence-corrected chi connectivity index (χ4v) is 2.46. The summed E-state index contributed by atoms with van der Waals surface area (Å²) < 4.78 is 0. The third kappa shape index (κ3) is 2.19. The molecule has 1 nitrogen and oxygen atoms in total. The Bertz CT molecular complexity index is 362. The molecule has 0 aromatic heterocycles. The Morgan fingerprint density at radius 1 is 1.38 bits per heavy atom. The molecule has 0 saturated heterocycles. The molecule has 1 unspecified atom stereocenters. The van der Waals surface area contributed by atoms with E-state index in [9.17, 15) is 0 Å². The molecule has 1 atom stereocenters. The number of nitrogens with two attached hydrogens (primary N) is 1. The molecule has 2 N–H and O–H groups in total. The van der Waals surface area contributed by atoms with Gasteiger partial charge in [0.2, 0.25) is 0 Å². The first-order valence-corrected chi connectivity index (χ1v) is 6.11. The third-order valence-corrected chi connectivity index (χ3v) is 3.73. The van der Waals surface area contributed by atoms with Gasteiger partial charge in [-0.25, -0.2) is 0 Å². The molecular formula is C15H21N. The van der Waals surface area contributed by atoms with E-state index < -0.39 is 0 Å². The van der Waals surface area contributed by atoms with Gasteiger partial charge in [0, 0.05) is 11.5 Å². The third-order valence-electron chi connectivity index (χ3n) is 3.73. The summed E-state index contributed by atoms with van der Waals surface area (Å²) in [6.45, 7) is 6.02. The predicted molar refractivity (Wildman–Crippen MR) is 69.4 cm³/mol. The molecule has 1 saturated carbocycles. The molecule has 16 heavy (non-hydrogen) atoms. The van der Waals surface area contributed by atoms with Crippen molar-refractivity contribution in [2.75, 3.05) is 0 Å². The van der Waals surface area contributed by atoms with Crippen molar-refractivity contribution in [1.29, 1.82) is 0 Å². The maximum atomic E-state index is 6.35. The molecule has 1 fully saturated rings. The van der Waals surface area contributed by atoms with E-state index in [0.717, 1.165) is 12.8 Å². The molecule has 0 spiro atoms. The lowest BCUT2D eigenvalue weighted by Gasteiger charge is -2.24. The summed E-state index contributed by atoms with van der Waals surface area (Å²) in [5.74, 6) is 0. The number of hydrogen-bond acceptors (Lipinski definition) is 1. The monoisotopic (exact) mass is 215 g/mol. The van der Waals surface area contributed by atoms with Crippen LogP contribution < -0.4 is 5.73 Å². The van der Waals surface area contributed by atoms with Crippen LogP contribution in [0.3, 0.4) is 0 Å². The van der Waals surface area contributed by atoms with Crippen LogP contribution in [0.2, 0.25) is 0 Å². The molecule has 0 radical (unpaired) electrons. The van der Waals surface area contributed by atoms with Crippen molar-refractivity contribution in [3.8, 4) is 0 Å². The van der Waals surface area contributed by atoms with Crippen LogP contribution in [-0.2, 0) is 5.41 Å². The average molecular weight is 215 g/mol. The van der Waals surface area contributed by atoms with E-state index in [1.807, 2.05) is 0 Å². The van der Waals surface area contributed by atoms with Gasteiger partial charge in [-0.2, -0.15) is 0 Å². The molecule has 0 bridgehead atoms. The molecule has 86 valence electrons. The summed E-state index contributed by atoms with van der Waals surface area (Å²) >= 11 is 0. The Kier molecular flexibility index (Phi) is 3.15. The van der Waals surface area contributed by atoms with Crippen LogP contribution >= 0.6 is 0 Å². The van der Waals surface area contributed by atoms with Crippen molar-refractivity contribution < 1.29 is 0 Å². The molecule has 1 aliphatic carbocycles. The first kappa shape index (κ1) is 11.4. The van der Waals surface area contributed by atoms with E-state index >= 15 is 0 Å². The Morgan fingerprint density at radius 3 is 2.50 bits per heavy atom. The molecule has 1 aromatic rings. The number of benzene rings is 1. The van der Waals surface area contributed by atoms with E-state index in [1.165, 1.54) is 24.0 Å². The molecular weight excluding hydrogens is 194 g/mol. The number of allylic oxidation sites excluding steroid dienone is 1. The molecule has 0 amide bonds. The minimum absolute atomic E-state index is 0.275. The van der Waals surface area contributed by atoms with Crippen LogP contribution in [0.15, 0.2) is 42.5 Å². The molecule has 0 aliphatic heterocycles. The van der Waals surface area contributed by atoms with Gasteiger partial charge in [-0.15, -0.1) is 6.58 Å². The lowest BCUT2D eigenvalue weighted by molar-refractivity contribution is 0.484. The van der Waals surface area contributed by atoms with Crippen LogP contribution in [0.5, 0.6) is 0 Å². The number of hydrogen-bond donors (Lipinski definition) is 1. The van der Waals surface area contributed by atoms with Gasteiger partial charge in [-0.05, 0) is 38.2 Å². The van der Waals surface area contributed by atoms with E-state index in [1.54, 1.807) is 0 Å². The van der Waals surface area contributed by atoms with Gasteiger partial charge in [0.1, 0.15) is 0 Å². The Hall–Kier alpha value is -1.08. The second kappa shape index (κ2) is 4.42. The highest BCUT2D eigenvalue weighted by Crippen LogP contribution is 2.51. The highest BCUT2D eigenvalue weighted by molar-refractivity contribution is 5.33. The van der Waals surface area contributed by atoms with Gasteiger partial charge < -0.3 is 5.73 Å². The van der Waals surface area contributed by atoms with Crippen LogP contribution in [0.1, 0.15) is 38.2 Å². The Morgan fingerprint density at radius 2 is 2.00 bits per heavy atom. The quantitative estimate of drug-likeness (QED) is 0.748. The van der Waals surface area contributed by atoms with Gasteiger partial charge >= 0.3 is 0 Å². The SMILES string of the molecule is C=C(C)CCC(N)C1(c2ccccc2)CC1. The minimum Gasteiger partial charge on any atom is -0.327 e. The maximum absolute atomic E-state index is 6.35. The lowest BCUT2D eigenvalue weighted by atomic mass is 9.85. The van der Waals surface area contributed by atoms with E-state index in [-0.39, 0.29) is 11.5 Å². The standard InChI is InChI=1S/C15H21N/c1-12(2)8-9-14(16)15(10-11-15)13-6-4-3-5-7-13/h3-7,14H,1,8-11,16H2,2H3. The van der Waals surface area contributed by atoms with Gasteiger partial charge in [0.25, 0.3) is 0 Å². The summed E-state index contributed by atoms with van der Waals surface area (Å²) in [5.41, 5.74) is 9.28. The van der Waals surface area contributed by atoms with E-state index in [4.69, 9.17) is 5.73 Å². The second-order valence-corrected chi connectivity index (χ2v) is 5.12. The van der Waals surface area contributed by atoms with Crippen LogP contribution in [0.4, 0.5) is 0 Å². The average Bonchev–Trinajstić information content (AvgIpc) is 3.08. The Balaban J connectivity index is 2.05. The zero-order chi connectivity index (χ0) is 11.6. The summed E-state index contributed by atoms with van der Waals surface area (Å²) in [6, 6.07) is 11.0. The summed E-state index contributed by atoms with van der Waals surface area (Å²) in [7, 11) is 0. The topological polar surface area (TPSA) is 26.0 Å². The van der Waals surface area contributed by atoms with E-state index in [0.29, 0.717) is 0 Å². The largest absolute Gasteiger partial charge is 0.327 e. The first-order valence-electron chi connectivity index (χ1n) is 6.11. The van der Waals surface area contributed by atoms with Gasteiger partial charge in [0.15, 0.2) is 0 Å². The highest BCUT2D eigenvalue weighted by Gasteiger charge is 2.48.